The number of aromatic nitrogens is 2. The number of nitrogens with zero attached hydrogens (tertiary/aromatic N) is 2. The van der Waals surface area contributed by atoms with Gasteiger partial charge in [-0.1, -0.05) is 32.9 Å². The van der Waals surface area contributed by atoms with Crippen LogP contribution in [0, 0.1) is 0 Å². The van der Waals surface area contributed by atoms with Gasteiger partial charge in [0.2, 0.25) is 5.89 Å². The van der Waals surface area contributed by atoms with Crippen molar-refractivity contribution in [2.45, 2.75) is 58.2 Å². The summed E-state index contributed by atoms with van der Waals surface area (Å²) in [7, 11) is 0. The molecular weight excluding hydrogens is 280 g/mol. The zero-order valence-electron chi connectivity index (χ0n) is 13.3. The molecule has 0 saturated carbocycles. The first kappa shape index (κ1) is 15.0. The molecule has 0 aliphatic heterocycles. The van der Waals surface area contributed by atoms with Crippen LogP contribution in [-0.4, -0.2) is 15.3 Å². The summed E-state index contributed by atoms with van der Waals surface area (Å²) in [5.74, 6) is 1.88. The Kier molecular flexibility index (Phi) is 3.91. The summed E-state index contributed by atoms with van der Waals surface area (Å²) in [4.78, 5) is 0. The maximum atomic E-state index is 10.1. The Morgan fingerprint density at radius 3 is 2.86 bits per heavy atom. The van der Waals surface area contributed by atoms with Crippen LogP contribution in [-0.2, 0) is 18.4 Å². The second-order valence-corrected chi connectivity index (χ2v) is 6.77. The molecule has 1 aliphatic rings. The molecule has 5 heteroatoms. The number of rotatable bonds is 3. The Hall–Kier alpha value is -1.88. The molecule has 0 bridgehead atoms. The number of fused-ring (bicyclic) bond motifs is 1. The van der Waals surface area contributed by atoms with E-state index in [0.29, 0.717) is 11.8 Å². The molecule has 1 aromatic carbocycles. The number of ether oxygens (including phenoxy) is 1. The molecule has 1 aromatic heterocycles. The van der Waals surface area contributed by atoms with Gasteiger partial charge in [-0.2, -0.15) is 0 Å². The molecule has 3 rings (SSSR count). The van der Waals surface area contributed by atoms with Crippen LogP contribution in [0.3, 0.4) is 0 Å². The lowest BCUT2D eigenvalue weighted by atomic mass is 9.89. The summed E-state index contributed by atoms with van der Waals surface area (Å²) >= 11 is 0. The number of hydrogen-bond donors (Lipinski definition) is 1. The highest BCUT2D eigenvalue weighted by atomic mass is 16.5. The highest BCUT2D eigenvalue weighted by Gasteiger charge is 2.23. The second-order valence-electron chi connectivity index (χ2n) is 6.77. The molecule has 1 heterocycles. The van der Waals surface area contributed by atoms with Crippen molar-refractivity contribution < 1.29 is 14.3 Å². The van der Waals surface area contributed by atoms with Crippen LogP contribution in [0.1, 0.15) is 62.6 Å². The molecule has 2 aromatic rings. The average molecular weight is 302 g/mol. The molecule has 0 fully saturated rings. The predicted molar refractivity (Wildman–Crippen MR) is 81.7 cm³/mol. The van der Waals surface area contributed by atoms with Gasteiger partial charge in [-0.05, 0) is 36.5 Å². The molecule has 22 heavy (non-hydrogen) atoms. The largest absolute Gasteiger partial charge is 0.484 e. The number of aliphatic hydroxyl groups is 1. The van der Waals surface area contributed by atoms with Gasteiger partial charge in [-0.15, -0.1) is 10.2 Å². The maximum Gasteiger partial charge on any atom is 0.253 e. The number of hydrogen-bond acceptors (Lipinski definition) is 5. The van der Waals surface area contributed by atoms with Crippen LogP contribution in [0.25, 0.3) is 0 Å². The SMILES string of the molecule is CC(C)(C)c1nnc(COc2cccc3c2CCCC3O)o1. The van der Waals surface area contributed by atoms with Gasteiger partial charge in [-0.3, -0.25) is 0 Å². The van der Waals surface area contributed by atoms with E-state index in [1.807, 2.05) is 39.0 Å². The fourth-order valence-electron chi connectivity index (χ4n) is 2.68. The van der Waals surface area contributed by atoms with E-state index in [0.717, 1.165) is 36.1 Å². The lowest BCUT2D eigenvalue weighted by Gasteiger charge is -2.23. The van der Waals surface area contributed by atoms with E-state index in [1.54, 1.807) is 0 Å². The van der Waals surface area contributed by atoms with Gasteiger partial charge >= 0.3 is 0 Å². The Balaban J connectivity index is 1.75. The Morgan fingerprint density at radius 2 is 2.14 bits per heavy atom. The predicted octanol–water partition coefficient (Wildman–Crippen LogP) is 3.32. The topological polar surface area (TPSA) is 68.4 Å². The van der Waals surface area contributed by atoms with Crippen LogP contribution in [0.15, 0.2) is 22.6 Å². The smallest absolute Gasteiger partial charge is 0.253 e. The van der Waals surface area contributed by atoms with Crippen LogP contribution in [0.5, 0.6) is 5.75 Å². The summed E-state index contributed by atoms with van der Waals surface area (Å²) in [6, 6.07) is 5.81. The molecule has 1 aliphatic carbocycles. The van der Waals surface area contributed by atoms with E-state index in [2.05, 4.69) is 10.2 Å². The fraction of sp³-hybridized carbons (Fsp3) is 0.529. The minimum atomic E-state index is -0.386. The van der Waals surface area contributed by atoms with E-state index in [-0.39, 0.29) is 18.1 Å². The lowest BCUT2D eigenvalue weighted by molar-refractivity contribution is 0.154. The van der Waals surface area contributed by atoms with E-state index in [9.17, 15) is 5.11 Å². The maximum absolute atomic E-state index is 10.1. The van der Waals surface area contributed by atoms with Gasteiger partial charge in [0, 0.05) is 5.41 Å². The first-order valence-electron chi connectivity index (χ1n) is 7.70. The summed E-state index contributed by atoms with van der Waals surface area (Å²) in [6.07, 6.45) is 2.33. The summed E-state index contributed by atoms with van der Waals surface area (Å²) in [5, 5.41) is 18.2. The first-order chi connectivity index (χ1) is 10.4. The van der Waals surface area contributed by atoms with Gasteiger partial charge in [-0.25, -0.2) is 0 Å². The first-order valence-corrected chi connectivity index (χ1v) is 7.70. The molecule has 118 valence electrons. The van der Waals surface area contributed by atoms with Crippen molar-refractivity contribution in [2.24, 2.45) is 0 Å². The third kappa shape index (κ3) is 2.99. The van der Waals surface area contributed by atoms with E-state index in [4.69, 9.17) is 9.15 Å². The van der Waals surface area contributed by atoms with Crippen molar-refractivity contribution in [3.63, 3.8) is 0 Å². The van der Waals surface area contributed by atoms with Gasteiger partial charge in [0.05, 0.1) is 6.10 Å². The van der Waals surface area contributed by atoms with Gasteiger partial charge in [0.15, 0.2) is 6.61 Å². The molecule has 5 nitrogen and oxygen atoms in total. The molecule has 0 radical (unpaired) electrons. The summed E-state index contributed by atoms with van der Waals surface area (Å²) < 4.78 is 11.5. The molecule has 1 atom stereocenters. The zero-order chi connectivity index (χ0) is 15.7. The van der Waals surface area contributed by atoms with Crippen molar-refractivity contribution in [3.8, 4) is 5.75 Å². The van der Waals surface area contributed by atoms with E-state index >= 15 is 0 Å². The van der Waals surface area contributed by atoms with Crippen molar-refractivity contribution in [3.05, 3.63) is 41.1 Å². The third-order valence-corrected chi connectivity index (χ3v) is 3.89. The molecular formula is C17H22N2O3. The molecule has 0 spiro atoms. The van der Waals surface area contributed by atoms with E-state index in [1.165, 1.54) is 0 Å². The van der Waals surface area contributed by atoms with Crippen LogP contribution >= 0.6 is 0 Å². The standard InChI is InChI=1S/C17H22N2O3/c1-17(2,3)16-19-18-15(22-16)10-21-14-9-5-6-11-12(14)7-4-8-13(11)20/h5-6,9,13,20H,4,7-8,10H2,1-3H3. The van der Waals surface area contributed by atoms with Gasteiger partial charge < -0.3 is 14.3 Å². The molecule has 0 amide bonds. The Labute approximate surface area is 130 Å². The summed E-state index contributed by atoms with van der Waals surface area (Å²) in [6.45, 7) is 6.33. The highest BCUT2D eigenvalue weighted by Crippen LogP contribution is 2.35. The van der Waals surface area contributed by atoms with Crippen LogP contribution in [0.4, 0.5) is 0 Å². The van der Waals surface area contributed by atoms with Crippen molar-refractivity contribution in [1.29, 1.82) is 0 Å². The number of aliphatic hydroxyl groups excluding tert-OH is 1. The minimum Gasteiger partial charge on any atom is -0.484 e. The van der Waals surface area contributed by atoms with Crippen LogP contribution in [0.2, 0.25) is 0 Å². The van der Waals surface area contributed by atoms with Crippen molar-refractivity contribution in [1.82, 2.24) is 10.2 Å². The Bertz CT molecular complexity index is 658. The second kappa shape index (κ2) is 5.72. The summed E-state index contributed by atoms with van der Waals surface area (Å²) in [5.41, 5.74) is 1.91. The monoisotopic (exact) mass is 302 g/mol. The van der Waals surface area contributed by atoms with E-state index < -0.39 is 0 Å². The average Bonchev–Trinajstić information content (AvgIpc) is 2.95. The highest BCUT2D eigenvalue weighted by molar-refractivity contribution is 5.42. The van der Waals surface area contributed by atoms with Crippen molar-refractivity contribution in [2.75, 3.05) is 0 Å². The molecule has 1 N–H and O–H groups in total. The third-order valence-electron chi connectivity index (χ3n) is 3.89. The lowest BCUT2D eigenvalue weighted by Crippen LogP contribution is -2.11. The number of benzene rings is 1. The quantitative estimate of drug-likeness (QED) is 0.942. The van der Waals surface area contributed by atoms with Gasteiger partial charge in [0.1, 0.15) is 5.75 Å². The minimum absolute atomic E-state index is 0.165. The molecule has 1 unspecified atom stereocenters. The van der Waals surface area contributed by atoms with Crippen LogP contribution < -0.4 is 4.74 Å². The zero-order valence-corrected chi connectivity index (χ0v) is 13.3. The normalized spacial score (nSPS) is 18.1. The fourth-order valence-corrected chi connectivity index (χ4v) is 2.68. The van der Waals surface area contributed by atoms with Gasteiger partial charge in [0.25, 0.3) is 5.89 Å². The molecule has 0 saturated heterocycles. The Morgan fingerprint density at radius 1 is 1.32 bits per heavy atom. The van der Waals surface area contributed by atoms with Crippen molar-refractivity contribution >= 4 is 0 Å².